The molecule has 4 heteroatoms. The van der Waals surface area contributed by atoms with E-state index in [2.05, 4.69) is 5.32 Å². The largest absolute Gasteiger partial charge is 0.458 e. The lowest BCUT2D eigenvalue weighted by Gasteiger charge is -2.26. The van der Waals surface area contributed by atoms with E-state index in [0.717, 1.165) is 6.42 Å². The maximum atomic E-state index is 11.9. The summed E-state index contributed by atoms with van der Waals surface area (Å²) in [4.78, 5) is 23.1. The molecule has 96 valence electrons. The topological polar surface area (TPSA) is 55.4 Å². The minimum absolute atomic E-state index is 0.0258. The lowest BCUT2D eigenvalue weighted by molar-refractivity contribution is -0.159. The number of terminal acetylenes is 1. The van der Waals surface area contributed by atoms with Crippen LogP contribution in [-0.4, -0.2) is 23.5 Å². The van der Waals surface area contributed by atoms with Gasteiger partial charge < -0.3 is 10.1 Å². The standard InChI is InChI=1S/C13H21NO3/c1-7-9(3)11(14-10(15)8-2)12(16)17-13(4,5)6/h2,9,11H,7H2,1,3-6H3,(H,14,15)/t9-,11-/m0/s1. The summed E-state index contributed by atoms with van der Waals surface area (Å²) in [6.07, 6.45) is 5.72. The molecular formula is C13H21NO3. The number of hydrogen-bond acceptors (Lipinski definition) is 3. The average molecular weight is 239 g/mol. The molecule has 0 spiro atoms. The minimum Gasteiger partial charge on any atom is -0.458 e. The van der Waals surface area contributed by atoms with Crippen molar-refractivity contribution < 1.29 is 14.3 Å². The van der Waals surface area contributed by atoms with Crippen molar-refractivity contribution in [2.24, 2.45) is 5.92 Å². The first-order valence-electron chi connectivity index (χ1n) is 5.71. The van der Waals surface area contributed by atoms with Crippen LogP contribution in [0.5, 0.6) is 0 Å². The number of amides is 1. The molecule has 0 radical (unpaired) electrons. The van der Waals surface area contributed by atoms with E-state index in [1.54, 1.807) is 20.8 Å². The second kappa shape index (κ2) is 6.29. The molecule has 0 aliphatic rings. The number of nitrogens with one attached hydrogen (secondary N) is 1. The van der Waals surface area contributed by atoms with Crippen LogP contribution >= 0.6 is 0 Å². The summed E-state index contributed by atoms with van der Waals surface area (Å²) in [5, 5.41) is 2.49. The van der Waals surface area contributed by atoms with Gasteiger partial charge in [-0.2, -0.15) is 0 Å². The SMILES string of the molecule is C#CC(=O)N[C@H](C(=O)OC(C)(C)C)[C@@H](C)CC. The normalized spacial score (nSPS) is 14.4. The van der Waals surface area contributed by atoms with E-state index in [1.807, 2.05) is 19.8 Å². The highest BCUT2D eigenvalue weighted by Crippen LogP contribution is 2.14. The molecule has 0 saturated carbocycles. The van der Waals surface area contributed by atoms with Gasteiger partial charge in [0, 0.05) is 0 Å². The molecule has 0 unspecified atom stereocenters. The summed E-state index contributed by atoms with van der Waals surface area (Å²) in [5.41, 5.74) is -0.580. The summed E-state index contributed by atoms with van der Waals surface area (Å²) in [6, 6.07) is -0.692. The highest BCUT2D eigenvalue weighted by atomic mass is 16.6. The zero-order chi connectivity index (χ0) is 13.6. The van der Waals surface area contributed by atoms with Crippen LogP contribution in [0.3, 0.4) is 0 Å². The monoisotopic (exact) mass is 239 g/mol. The molecule has 0 aliphatic heterocycles. The van der Waals surface area contributed by atoms with Crippen molar-refractivity contribution >= 4 is 11.9 Å². The van der Waals surface area contributed by atoms with E-state index < -0.39 is 23.5 Å². The van der Waals surface area contributed by atoms with E-state index in [0.29, 0.717) is 0 Å². The molecule has 4 nitrogen and oxygen atoms in total. The third kappa shape index (κ3) is 5.96. The maximum absolute atomic E-state index is 11.9. The Morgan fingerprint density at radius 1 is 1.41 bits per heavy atom. The molecular weight excluding hydrogens is 218 g/mol. The van der Waals surface area contributed by atoms with Crippen LogP contribution in [-0.2, 0) is 14.3 Å². The minimum atomic E-state index is -0.692. The number of ether oxygens (including phenoxy) is 1. The van der Waals surface area contributed by atoms with Gasteiger partial charge in [0.15, 0.2) is 0 Å². The van der Waals surface area contributed by atoms with Crippen LogP contribution in [0, 0.1) is 18.3 Å². The molecule has 0 heterocycles. The Bertz CT molecular complexity index is 323. The Labute approximate surface area is 103 Å². The van der Waals surface area contributed by atoms with Crippen LogP contribution in [0.2, 0.25) is 0 Å². The molecule has 17 heavy (non-hydrogen) atoms. The fourth-order valence-electron chi connectivity index (χ4n) is 1.22. The molecule has 0 aromatic rings. The van der Waals surface area contributed by atoms with Gasteiger partial charge in [-0.3, -0.25) is 4.79 Å². The van der Waals surface area contributed by atoms with Crippen molar-refractivity contribution in [2.45, 2.75) is 52.7 Å². The van der Waals surface area contributed by atoms with Gasteiger partial charge in [0.25, 0.3) is 5.91 Å². The van der Waals surface area contributed by atoms with Crippen LogP contribution in [0.15, 0.2) is 0 Å². The molecule has 0 fully saturated rings. The highest BCUT2D eigenvalue weighted by molar-refractivity contribution is 5.95. The molecule has 0 rings (SSSR count). The Hall–Kier alpha value is -1.50. The first kappa shape index (κ1) is 15.5. The maximum Gasteiger partial charge on any atom is 0.329 e. The van der Waals surface area contributed by atoms with Gasteiger partial charge in [0.1, 0.15) is 11.6 Å². The molecule has 1 N–H and O–H groups in total. The molecule has 0 aromatic heterocycles. The molecule has 2 atom stereocenters. The lowest BCUT2D eigenvalue weighted by Crippen LogP contribution is -2.47. The Morgan fingerprint density at radius 2 is 1.94 bits per heavy atom. The van der Waals surface area contributed by atoms with Crippen molar-refractivity contribution in [3.8, 4) is 12.3 Å². The number of carbonyl (C=O) groups excluding carboxylic acids is 2. The Balaban J connectivity index is 4.75. The molecule has 0 aliphatic carbocycles. The fraction of sp³-hybridized carbons (Fsp3) is 0.692. The van der Waals surface area contributed by atoms with Crippen LogP contribution < -0.4 is 5.32 Å². The fourth-order valence-corrected chi connectivity index (χ4v) is 1.22. The van der Waals surface area contributed by atoms with Gasteiger partial charge in [0.2, 0.25) is 0 Å². The number of rotatable bonds is 4. The summed E-state index contributed by atoms with van der Waals surface area (Å²) >= 11 is 0. The van der Waals surface area contributed by atoms with Crippen molar-refractivity contribution in [1.29, 1.82) is 0 Å². The van der Waals surface area contributed by atoms with Crippen molar-refractivity contribution in [3.05, 3.63) is 0 Å². The average Bonchev–Trinajstić information content (AvgIpc) is 2.21. The highest BCUT2D eigenvalue weighted by Gasteiger charge is 2.29. The smallest absolute Gasteiger partial charge is 0.329 e. The van der Waals surface area contributed by atoms with Crippen molar-refractivity contribution in [2.75, 3.05) is 0 Å². The molecule has 1 amide bonds. The first-order valence-corrected chi connectivity index (χ1v) is 5.71. The second-order valence-corrected chi connectivity index (χ2v) is 5.01. The predicted molar refractivity (Wildman–Crippen MR) is 66.1 cm³/mol. The van der Waals surface area contributed by atoms with Gasteiger partial charge in [-0.25, -0.2) is 4.79 Å². The van der Waals surface area contributed by atoms with Gasteiger partial charge in [-0.05, 0) is 32.6 Å². The quantitative estimate of drug-likeness (QED) is 0.597. The van der Waals surface area contributed by atoms with Gasteiger partial charge >= 0.3 is 5.97 Å². The molecule has 0 bridgehead atoms. The second-order valence-electron chi connectivity index (χ2n) is 5.01. The van der Waals surface area contributed by atoms with E-state index in [1.165, 1.54) is 0 Å². The Morgan fingerprint density at radius 3 is 2.29 bits per heavy atom. The molecule has 0 saturated heterocycles. The van der Waals surface area contributed by atoms with Crippen LogP contribution in [0.4, 0.5) is 0 Å². The predicted octanol–water partition coefficient (Wildman–Crippen LogP) is 1.49. The van der Waals surface area contributed by atoms with Gasteiger partial charge in [0.05, 0.1) is 0 Å². The summed E-state index contributed by atoms with van der Waals surface area (Å²) in [7, 11) is 0. The molecule has 0 aromatic carbocycles. The zero-order valence-electron chi connectivity index (χ0n) is 11.2. The van der Waals surface area contributed by atoms with Gasteiger partial charge in [-0.15, -0.1) is 6.42 Å². The zero-order valence-corrected chi connectivity index (χ0v) is 11.2. The Kier molecular flexibility index (Phi) is 5.73. The van der Waals surface area contributed by atoms with E-state index >= 15 is 0 Å². The first-order chi connectivity index (χ1) is 7.71. The third-order valence-electron chi connectivity index (χ3n) is 2.29. The van der Waals surface area contributed by atoms with Crippen molar-refractivity contribution in [3.63, 3.8) is 0 Å². The van der Waals surface area contributed by atoms with Gasteiger partial charge in [-0.1, -0.05) is 20.3 Å². The summed E-state index contributed by atoms with van der Waals surface area (Å²) < 4.78 is 5.25. The number of esters is 1. The number of carbonyl (C=O) groups is 2. The van der Waals surface area contributed by atoms with Crippen LogP contribution in [0.25, 0.3) is 0 Å². The van der Waals surface area contributed by atoms with E-state index in [-0.39, 0.29) is 5.92 Å². The summed E-state index contributed by atoms with van der Waals surface area (Å²) in [6.45, 7) is 9.14. The van der Waals surface area contributed by atoms with E-state index in [4.69, 9.17) is 11.2 Å². The number of hydrogen-bond donors (Lipinski definition) is 1. The lowest BCUT2D eigenvalue weighted by atomic mass is 9.99. The van der Waals surface area contributed by atoms with E-state index in [9.17, 15) is 9.59 Å². The van der Waals surface area contributed by atoms with Crippen molar-refractivity contribution in [1.82, 2.24) is 5.32 Å². The van der Waals surface area contributed by atoms with Crippen LogP contribution in [0.1, 0.15) is 41.0 Å². The third-order valence-corrected chi connectivity index (χ3v) is 2.29. The summed E-state index contributed by atoms with van der Waals surface area (Å²) in [5.74, 6) is 0.864.